The molecule has 0 fully saturated rings. The van der Waals surface area contributed by atoms with E-state index in [-0.39, 0.29) is 12.3 Å². The average Bonchev–Trinajstić information content (AvgIpc) is 3.09. The number of amides is 1. The van der Waals surface area contributed by atoms with Gasteiger partial charge in [-0.25, -0.2) is 4.98 Å². The first-order chi connectivity index (χ1) is 11.6. The molecule has 0 radical (unpaired) electrons. The number of rotatable bonds is 5. The molecular formula is C16H13N3O5. The zero-order valence-corrected chi connectivity index (χ0v) is 12.7. The van der Waals surface area contributed by atoms with Crippen molar-refractivity contribution in [3.05, 3.63) is 63.9 Å². The molecule has 0 unspecified atom stereocenters. The number of fused-ring (bicyclic) bond motifs is 1. The molecule has 8 heteroatoms. The zero-order chi connectivity index (χ0) is 17.1. The fourth-order valence-corrected chi connectivity index (χ4v) is 2.28. The number of benzene rings is 1. The van der Waals surface area contributed by atoms with Crippen LogP contribution in [0.3, 0.4) is 0 Å². The first kappa shape index (κ1) is 15.5. The van der Waals surface area contributed by atoms with Crippen LogP contribution in [0.2, 0.25) is 0 Å². The molecule has 24 heavy (non-hydrogen) atoms. The van der Waals surface area contributed by atoms with E-state index >= 15 is 0 Å². The number of para-hydroxylation sites is 1. The molecule has 2 aromatic heterocycles. The van der Waals surface area contributed by atoms with Crippen LogP contribution < -0.4 is 10.1 Å². The van der Waals surface area contributed by atoms with Gasteiger partial charge in [-0.15, -0.1) is 0 Å². The van der Waals surface area contributed by atoms with Crippen LogP contribution in [0.15, 0.2) is 46.9 Å². The van der Waals surface area contributed by atoms with Crippen LogP contribution in [0.1, 0.15) is 16.1 Å². The highest BCUT2D eigenvalue weighted by molar-refractivity contribution is 5.92. The summed E-state index contributed by atoms with van der Waals surface area (Å²) in [5, 5.41) is 14.1. The van der Waals surface area contributed by atoms with E-state index in [2.05, 4.69) is 10.3 Å². The van der Waals surface area contributed by atoms with E-state index < -0.39 is 16.7 Å². The van der Waals surface area contributed by atoms with E-state index in [1.165, 1.54) is 13.2 Å². The summed E-state index contributed by atoms with van der Waals surface area (Å²) in [5.41, 5.74) is 1.56. The molecule has 3 rings (SSSR count). The highest BCUT2D eigenvalue weighted by Crippen LogP contribution is 2.22. The molecule has 0 spiro atoms. The van der Waals surface area contributed by atoms with Gasteiger partial charge in [-0.05, 0) is 17.7 Å². The fraction of sp³-hybridized carbons (Fsp3) is 0.125. The van der Waals surface area contributed by atoms with Crippen molar-refractivity contribution >= 4 is 22.7 Å². The van der Waals surface area contributed by atoms with E-state index in [1.54, 1.807) is 6.07 Å². The van der Waals surface area contributed by atoms with Crippen molar-refractivity contribution in [1.82, 2.24) is 10.3 Å². The number of hydrogen-bond donors (Lipinski definition) is 1. The summed E-state index contributed by atoms with van der Waals surface area (Å²) in [5.74, 6) is -0.697. The SMILES string of the molecule is COc1cc(CNC(=O)c2ccc([N+](=O)[O-])o2)c2ccccc2n1. The van der Waals surface area contributed by atoms with Crippen molar-refractivity contribution in [1.29, 1.82) is 0 Å². The third kappa shape index (κ3) is 3.02. The first-order valence-corrected chi connectivity index (χ1v) is 7.03. The summed E-state index contributed by atoms with van der Waals surface area (Å²) < 4.78 is 10.0. The van der Waals surface area contributed by atoms with Crippen molar-refractivity contribution in [2.24, 2.45) is 0 Å². The summed E-state index contributed by atoms with van der Waals surface area (Å²) in [6, 6.07) is 11.6. The molecule has 0 aliphatic carbocycles. The van der Waals surface area contributed by atoms with Crippen molar-refractivity contribution in [3.63, 3.8) is 0 Å². The number of carbonyl (C=O) groups is 1. The van der Waals surface area contributed by atoms with Crippen LogP contribution in [-0.4, -0.2) is 22.9 Å². The Balaban J connectivity index is 1.82. The third-order valence-electron chi connectivity index (χ3n) is 3.42. The van der Waals surface area contributed by atoms with Gasteiger partial charge in [0.1, 0.15) is 4.92 Å². The number of nitrogens with zero attached hydrogens (tertiary/aromatic N) is 2. The maximum absolute atomic E-state index is 12.1. The van der Waals surface area contributed by atoms with Gasteiger partial charge in [-0.1, -0.05) is 18.2 Å². The monoisotopic (exact) mass is 327 g/mol. The average molecular weight is 327 g/mol. The Labute approximate surface area is 136 Å². The molecule has 0 bridgehead atoms. The summed E-state index contributed by atoms with van der Waals surface area (Å²) in [6.45, 7) is 0.201. The lowest BCUT2D eigenvalue weighted by molar-refractivity contribution is -0.402. The van der Waals surface area contributed by atoms with Gasteiger partial charge in [-0.2, -0.15) is 0 Å². The Bertz CT molecular complexity index is 919. The Hall–Kier alpha value is -3.42. The Kier molecular flexibility index (Phi) is 4.11. The van der Waals surface area contributed by atoms with E-state index in [0.717, 1.165) is 22.5 Å². The topological polar surface area (TPSA) is 108 Å². The van der Waals surface area contributed by atoms with Crippen LogP contribution in [0, 0.1) is 10.1 Å². The van der Waals surface area contributed by atoms with Gasteiger partial charge in [0, 0.05) is 18.0 Å². The molecule has 8 nitrogen and oxygen atoms in total. The fourth-order valence-electron chi connectivity index (χ4n) is 2.28. The van der Waals surface area contributed by atoms with Gasteiger partial charge >= 0.3 is 5.88 Å². The number of furan rings is 1. The number of hydrogen-bond acceptors (Lipinski definition) is 6. The molecule has 3 aromatic rings. The first-order valence-electron chi connectivity index (χ1n) is 7.03. The van der Waals surface area contributed by atoms with Crippen molar-refractivity contribution in [3.8, 4) is 5.88 Å². The minimum atomic E-state index is -0.696. The smallest absolute Gasteiger partial charge is 0.433 e. The summed E-state index contributed by atoms with van der Waals surface area (Å²) in [4.78, 5) is 26.3. The predicted molar refractivity (Wildman–Crippen MR) is 84.8 cm³/mol. The lowest BCUT2D eigenvalue weighted by atomic mass is 10.1. The molecule has 1 amide bonds. The van der Waals surface area contributed by atoms with Gasteiger partial charge in [0.2, 0.25) is 5.88 Å². The lowest BCUT2D eigenvalue weighted by Gasteiger charge is -2.09. The maximum atomic E-state index is 12.1. The van der Waals surface area contributed by atoms with Crippen LogP contribution >= 0.6 is 0 Å². The summed E-state index contributed by atoms with van der Waals surface area (Å²) in [6.07, 6.45) is 0. The molecule has 1 N–H and O–H groups in total. The number of nitrogens with one attached hydrogen (secondary N) is 1. The summed E-state index contributed by atoms with van der Waals surface area (Å²) in [7, 11) is 1.52. The highest BCUT2D eigenvalue weighted by Gasteiger charge is 2.17. The second-order valence-corrected chi connectivity index (χ2v) is 4.92. The van der Waals surface area contributed by atoms with Crippen LogP contribution in [0.4, 0.5) is 5.88 Å². The molecule has 122 valence electrons. The molecule has 0 aliphatic heterocycles. The third-order valence-corrected chi connectivity index (χ3v) is 3.42. The maximum Gasteiger partial charge on any atom is 0.433 e. The number of aromatic nitrogens is 1. The molecule has 2 heterocycles. The van der Waals surface area contributed by atoms with E-state index in [9.17, 15) is 14.9 Å². The van der Waals surface area contributed by atoms with Gasteiger partial charge in [-0.3, -0.25) is 14.9 Å². The van der Waals surface area contributed by atoms with E-state index in [0.29, 0.717) is 5.88 Å². The Morgan fingerprint density at radius 1 is 1.33 bits per heavy atom. The quantitative estimate of drug-likeness (QED) is 0.570. The van der Waals surface area contributed by atoms with Gasteiger partial charge in [0.05, 0.1) is 18.7 Å². The van der Waals surface area contributed by atoms with Gasteiger partial charge < -0.3 is 14.5 Å². The van der Waals surface area contributed by atoms with Crippen LogP contribution in [0.25, 0.3) is 10.9 Å². The number of ether oxygens (including phenoxy) is 1. The van der Waals surface area contributed by atoms with Crippen LogP contribution in [-0.2, 0) is 6.54 Å². The van der Waals surface area contributed by atoms with E-state index in [4.69, 9.17) is 9.15 Å². The number of nitro groups is 1. The normalized spacial score (nSPS) is 10.5. The highest BCUT2D eigenvalue weighted by atomic mass is 16.6. The molecule has 0 saturated heterocycles. The standard InChI is InChI=1S/C16H13N3O5/c1-23-14-8-10(11-4-2-3-5-12(11)18-14)9-17-16(20)13-6-7-15(24-13)19(21)22/h2-8H,9H2,1H3,(H,17,20). The molecule has 0 saturated carbocycles. The minimum Gasteiger partial charge on any atom is -0.481 e. The van der Waals surface area contributed by atoms with Gasteiger partial charge in [0.15, 0.2) is 5.76 Å². The minimum absolute atomic E-state index is 0.118. The van der Waals surface area contributed by atoms with Crippen LogP contribution in [0.5, 0.6) is 5.88 Å². The molecular weight excluding hydrogens is 314 g/mol. The Morgan fingerprint density at radius 3 is 2.83 bits per heavy atom. The Morgan fingerprint density at radius 2 is 2.12 bits per heavy atom. The second-order valence-electron chi connectivity index (χ2n) is 4.92. The van der Waals surface area contributed by atoms with Crippen molar-refractivity contribution in [2.45, 2.75) is 6.54 Å². The van der Waals surface area contributed by atoms with Gasteiger partial charge in [0.25, 0.3) is 5.91 Å². The second kappa shape index (κ2) is 6.37. The number of carbonyl (C=O) groups excluding carboxylic acids is 1. The lowest BCUT2D eigenvalue weighted by Crippen LogP contribution is -2.22. The molecule has 1 aromatic carbocycles. The largest absolute Gasteiger partial charge is 0.481 e. The predicted octanol–water partition coefficient (Wildman–Crippen LogP) is 2.67. The molecule has 0 aliphatic rings. The number of pyridine rings is 1. The van der Waals surface area contributed by atoms with Crippen molar-refractivity contribution < 1.29 is 18.9 Å². The number of methoxy groups -OCH3 is 1. The van der Waals surface area contributed by atoms with Crippen molar-refractivity contribution in [2.75, 3.05) is 7.11 Å². The summed E-state index contributed by atoms with van der Waals surface area (Å²) >= 11 is 0. The van der Waals surface area contributed by atoms with E-state index in [1.807, 2.05) is 24.3 Å². The zero-order valence-electron chi connectivity index (χ0n) is 12.7. The molecule has 0 atom stereocenters.